The van der Waals surface area contributed by atoms with Crippen LogP contribution >= 0.6 is 0 Å². The first-order valence-corrected chi connectivity index (χ1v) is 8.03. The van der Waals surface area contributed by atoms with Gasteiger partial charge in [0.15, 0.2) is 11.5 Å². The van der Waals surface area contributed by atoms with Gasteiger partial charge in [-0.15, -0.1) is 8.78 Å². The minimum absolute atomic E-state index is 0.000191. The maximum Gasteiger partial charge on any atom is 0.586 e. The third-order valence-electron chi connectivity index (χ3n) is 5.68. The minimum atomic E-state index is -3.73. The van der Waals surface area contributed by atoms with Crippen molar-refractivity contribution in [3.63, 3.8) is 0 Å². The number of halogens is 2. The van der Waals surface area contributed by atoms with Gasteiger partial charge in [0.25, 0.3) is 5.91 Å². The monoisotopic (exact) mass is 352 g/mol. The van der Waals surface area contributed by atoms with Crippen LogP contribution in [0.25, 0.3) is 0 Å². The largest absolute Gasteiger partial charge is 0.586 e. The molecule has 1 aromatic carbocycles. The van der Waals surface area contributed by atoms with Crippen molar-refractivity contribution in [2.45, 2.75) is 26.6 Å². The van der Waals surface area contributed by atoms with Gasteiger partial charge in [-0.05, 0) is 36.0 Å². The van der Waals surface area contributed by atoms with Crippen molar-refractivity contribution < 1.29 is 27.8 Å². The SMILES string of the molecule is CC1(C)C[C@]2(C(N)=O)CN(C(=O)c3ccc4c(c3)OC(F)(F)O4)C[C@H]12. The topological polar surface area (TPSA) is 81.9 Å². The standard InChI is InChI=1S/C17H18F2N2O4/c1-15(2)7-16(14(20)23)8-21(6-12(15)16)13(22)9-3-4-10-11(5-9)25-17(18,19)24-10/h3-5,12H,6-8H2,1-2H3,(H2,20,23)/t12-,16+/m1/s1. The van der Waals surface area contributed by atoms with Crippen LogP contribution in [0.2, 0.25) is 0 Å². The molecule has 4 rings (SSSR count). The molecule has 0 spiro atoms. The van der Waals surface area contributed by atoms with Gasteiger partial charge >= 0.3 is 6.29 Å². The van der Waals surface area contributed by atoms with Crippen LogP contribution in [0.4, 0.5) is 8.78 Å². The number of carbonyl (C=O) groups excluding carboxylic acids is 2. The number of fused-ring (bicyclic) bond motifs is 2. The Morgan fingerprint density at radius 2 is 1.92 bits per heavy atom. The number of ether oxygens (including phenoxy) is 2. The van der Waals surface area contributed by atoms with Gasteiger partial charge in [-0.3, -0.25) is 9.59 Å². The van der Waals surface area contributed by atoms with Crippen molar-refractivity contribution in [1.82, 2.24) is 4.90 Å². The lowest BCUT2D eigenvalue weighted by atomic mass is 9.48. The van der Waals surface area contributed by atoms with Gasteiger partial charge in [0, 0.05) is 18.7 Å². The highest BCUT2D eigenvalue weighted by molar-refractivity contribution is 5.96. The zero-order valence-electron chi connectivity index (χ0n) is 13.8. The molecule has 2 heterocycles. The van der Waals surface area contributed by atoms with Crippen LogP contribution < -0.4 is 15.2 Å². The summed E-state index contributed by atoms with van der Waals surface area (Å²) in [5.41, 5.74) is 5.05. The summed E-state index contributed by atoms with van der Waals surface area (Å²) < 4.78 is 35.0. The Balaban J connectivity index is 1.58. The average Bonchev–Trinajstić information content (AvgIpc) is 2.99. The molecule has 0 bridgehead atoms. The first-order valence-electron chi connectivity index (χ1n) is 8.03. The lowest BCUT2D eigenvalue weighted by Crippen LogP contribution is -2.59. The average molecular weight is 352 g/mol. The molecule has 1 saturated heterocycles. The van der Waals surface area contributed by atoms with Crippen LogP contribution in [-0.2, 0) is 4.79 Å². The van der Waals surface area contributed by atoms with Gasteiger partial charge in [-0.2, -0.15) is 0 Å². The van der Waals surface area contributed by atoms with Crippen LogP contribution in [0.15, 0.2) is 18.2 Å². The summed E-state index contributed by atoms with van der Waals surface area (Å²) in [6.45, 7) is 4.77. The summed E-state index contributed by atoms with van der Waals surface area (Å²) in [5, 5.41) is 0. The van der Waals surface area contributed by atoms with Crippen LogP contribution in [0.1, 0.15) is 30.6 Å². The number of carbonyl (C=O) groups is 2. The van der Waals surface area contributed by atoms with Gasteiger partial charge in [0.05, 0.1) is 5.41 Å². The number of hydrogen-bond acceptors (Lipinski definition) is 4. The highest BCUT2D eigenvalue weighted by Gasteiger charge is 2.66. The summed E-state index contributed by atoms with van der Waals surface area (Å²) in [6.07, 6.45) is -3.09. The molecule has 2 aliphatic heterocycles. The van der Waals surface area contributed by atoms with Crippen LogP contribution in [0.3, 0.4) is 0 Å². The predicted octanol–water partition coefficient (Wildman–Crippen LogP) is 1.98. The van der Waals surface area contributed by atoms with E-state index in [1.54, 1.807) is 4.90 Å². The van der Waals surface area contributed by atoms with E-state index >= 15 is 0 Å². The van der Waals surface area contributed by atoms with Crippen molar-refractivity contribution in [1.29, 1.82) is 0 Å². The van der Waals surface area contributed by atoms with Crippen molar-refractivity contribution in [3.05, 3.63) is 23.8 Å². The summed E-state index contributed by atoms with van der Waals surface area (Å²) in [7, 11) is 0. The fourth-order valence-corrected chi connectivity index (χ4v) is 4.65. The number of nitrogens with two attached hydrogens (primary N) is 1. The molecule has 25 heavy (non-hydrogen) atoms. The Morgan fingerprint density at radius 3 is 2.52 bits per heavy atom. The fourth-order valence-electron chi connectivity index (χ4n) is 4.65. The number of hydrogen-bond donors (Lipinski definition) is 1. The molecule has 2 atom stereocenters. The molecule has 2 N–H and O–H groups in total. The molecule has 2 amide bonds. The Hall–Kier alpha value is -2.38. The molecule has 0 aromatic heterocycles. The lowest BCUT2D eigenvalue weighted by Gasteiger charge is -2.54. The second-order valence-electron chi connectivity index (χ2n) is 7.75. The van der Waals surface area contributed by atoms with E-state index in [0.717, 1.165) is 0 Å². The molecule has 8 heteroatoms. The van der Waals surface area contributed by atoms with Gasteiger partial charge in [0.1, 0.15) is 0 Å². The number of likely N-dealkylation sites (tertiary alicyclic amines) is 1. The zero-order chi connectivity index (χ0) is 18.2. The minimum Gasteiger partial charge on any atom is -0.395 e. The summed E-state index contributed by atoms with van der Waals surface area (Å²) in [4.78, 5) is 26.3. The van der Waals surface area contributed by atoms with Gasteiger partial charge in [0.2, 0.25) is 5.91 Å². The van der Waals surface area contributed by atoms with Crippen molar-refractivity contribution in [2.75, 3.05) is 13.1 Å². The molecule has 6 nitrogen and oxygen atoms in total. The Morgan fingerprint density at radius 1 is 1.24 bits per heavy atom. The second-order valence-corrected chi connectivity index (χ2v) is 7.75. The van der Waals surface area contributed by atoms with E-state index in [1.165, 1.54) is 18.2 Å². The Labute approximate surface area is 142 Å². The van der Waals surface area contributed by atoms with Crippen molar-refractivity contribution in [2.24, 2.45) is 22.5 Å². The Kier molecular flexibility index (Phi) is 2.97. The normalized spacial score (nSPS) is 30.6. The molecule has 3 aliphatic rings. The molecule has 134 valence electrons. The van der Waals surface area contributed by atoms with Gasteiger partial charge in [-0.25, -0.2) is 0 Å². The third kappa shape index (κ3) is 2.19. The van der Waals surface area contributed by atoms with Crippen LogP contribution in [0.5, 0.6) is 11.5 Å². The molecule has 0 radical (unpaired) electrons. The quantitative estimate of drug-likeness (QED) is 0.882. The first kappa shape index (κ1) is 16.1. The predicted molar refractivity (Wildman–Crippen MR) is 82.1 cm³/mol. The smallest absolute Gasteiger partial charge is 0.395 e. The highest BCUT2D eigenvalue weighted by atomic mass is 19.3. The van der Waals surface area contributed by atoms with Crippen LogP contribution in [-0.4, -0.2) is 36.1 Å². The highest BCUT2D eigenvalue weighted by Crippen LogP contribution is 2.62. The number of primary amides is 1. The molecule has 2 fully saturated rings. The second kappa shape index (κ2) is 4.62. The maximum absolute atomic E-state index is 13.1. The number of amides is 2. The van der Waals surface area contributed by atoms with Gasteiger partial charge in [-0.1, -0.05) is 13.8 Å². The fraction of sp³-hybridized carbons (Fsp3) is 0.529. The van der Waals surface area contributed by atoms with E-state index in [2.05, 4.69) is 23.3 Å². The number of benzene rings is 1. The lowest BCUT2D eigenvalue weighted by molar-refractivity contribution is -0.286. The summed E-state index contributed by atoms with van der Waals surface area (Å²) >= 11 is 0. The summed E-state index contributed by atoms with van der Waals surface area (Å²) in [6, 6.07) is 3.93. The summed E-state index contributed by atoms with van der Waals surface area (Å²) in [5.74, 6) is -1.02. The van der Waals surface area contributed by atoms with E-state index in [1.807, 2.05) is 0 Å². The first-order chi connectivity index (χ1) is 11.5. The molecular weight excluding hydrogens is 334 g/mol. The number of rotatable bonds is 2. The molecule has 0 unspecified atom stereocenters. The van der Waals surface area contributed by atoms with E-state index in [9.17, 15) is 18.4 Å². The Bertz CT molecular complexity index is 795. The zero-order valence-corrected chi connectivity index (χ0v) is 13.8. The van der Waals surface area contributed by atoms with E-state index in [0.29, 0.717) is 13.0 Å². The molecule has 1 aliphatic carbocycles. The van der Waals surface area contributed by atoms with Crippen molar-refractivity contribution >= 4 is 11.8 Å². The van der Waals surface area contributed by atoms with Gasteiger partial charge < -0.3 is 20.1 Å². The van der Waals surface area contributed by atoms with E-state index < -0.39 is 17.6 Å². The maximum atomic E-state index is 13.1. The third-order valence-corrected chi connectivity index (χ3v) is 5.68. The van der Waals surface area contributed by atoms with E-state index in [4.69, 9.17) is 5.73 Å². The number of nitrogens with zero attached hydrogens (tertiary/aromatic N) is 1. The molecule has 1 aromatic rings. The number of alkyl halides is 2. The molecular formula is C17H18F2N2O4. The van der Waals surface area contributed by atoms with Crippen molar-refractivity contribution in [3.8, 4) is 11.5 Å². The van der Waals surface area contributed by atoms with Crippen LogP contribution in [0, 0.1) is 16.7 Å². The molecule has 1 saturated carbocycles. The van der Waals surface area contributed by atoms with E-state index in [-0.39, 0.29) is 40.8 Å².